The molecule has 4 heteroatoms. The topological polar surface area (TPSA) is 17.0 Å². The van der Waals surface area contributed by atoms with Crippen LogP contribution in [-0.4, -0.2) is 17.7 Å². The summed E-state index contributed by atoms with van der Waals surface area (Å²) in [5, 5.41) is 5.25. The van der Waals surface area contributed by atoms with Crippen molar-refractivity contribution in [2.75, 3.05) is 13.1 Å². The summed E-state index contributed by atoms with van der Waals surface area (Å²) in [6, 6.07) is 12.5. The van der Waals surface area contributed by atoms with Crippen LogP contribution in [0.5, 0.6) is 0 Å². The van der Waals surface area contributed by atoms with Crippen molar-refractivity contribution >= 4 is 28.1 Å². The molecular formula is C19H16ClFN2. The van der Waals surface area contributed by atoms with E-state index in [1.165, 1.54) is 23.3 Å². The Labute approximate surface area is 139 Å². The van der Waals surface area contributed by atoms with E-state index in [0.717, 1.165) is 41.1 Å². The molecule has 0 saturated carbocycles. The summed E-state index contributed by atoms with van der Waals surface area (Å²) < 4.78 is 15.3. The van der Waals surface area contributed by atoms with Crippen molar-refractivity contribution in [2.45, 2.75) is 6.42 Å². The lowest BCUT2D eigenvalue weighted by molar-refractivity contribution is 0.627. The van der Waals surface area contributed by atoms with Crippen LogP contribution in [0.1, 0.15) is 12.0 Å². The Morgan fingerprint density at radius 1 is 1.09 bits per heavy atom. The van der Waals surface area contributed by atoms with Crippen LogP contribution in [0.3, 0.4) is 0 Å². The van der Waals surface area contributed by atoms with Crippen LogP contribution in [-0.2, 0) is 0 Å². The van der Waals surface area contributed by atoms with Gasteiger partial charge in [-0.1, -0.05) is 17.7 Å². The normalized spacial score (nSPS) is 15.0. The molecule has 1 aliphatic rings. The largest absolute Gasteiger partial charge is 0.316 e. The fourth-order valence-electron chi connectivity index (χ4n) is 3.12. The number of aromatic nitrogens is 1. The maximum absolute atomic E-state index is 13.2. The van der Waals surface area contributed by atoms with Crippen molar-refractivity contribution in [1.82, 2.24) is 9.88 Å². The van der Waals surface area contributed by atoms with Gasteiger partial charge >= 0.3 is 0 Å². The predicted molar refractivity (Wildman–Crippen MR) is 93.7 cm³/mol. The van der Waals surface area contributed by atoms with Gasteiger partial charge in [-0.3, -0.25) is 0 Å². The number of halogens is 2. The van der Waals surface area contributed by atoms with Crippen LogP contribution in [0.25, 0.3) is 22.2 Å². The summed E-state index contributed by atoms with van der Waals surface area (Å²) in [5.41, 5.74) is 4.47. The highest BCUT2D eigenvalue weighted by atomic mass is 35.5. The van der Waals surface area contributed by atoms with Gasteiger partial charge in [-0.25, -0.2) is 4.39 Å². The first-order chi connectivity index (χ1) is 11.2. The molecule has 0 unspecified atom stereocenters. The SMILES string of the molecule is Fc1ccc(-n2cc(C3=CCCNC3)c3cc(Cl)ccc32)cc1. The van der Waals surface area contributed by atoms with Crippen LogP contribution in [0.4, 0.5) is 4.39 Å². The minimum Gasteiger partial charge on any atom is -0.316 e. The lowest BCUT2D eigenvalue weighted by atomic mass is 10.0. The summed E-state index contributed by atoms with van der Waals surface area (Å²) in [4.78, 5) is 0. The van der Waals surface area contributed by atoms with Crippen LogP contribution in [0.15, 0.2) is 54.7 Å². The summed E-state index contributed by atoms with van der Waals surface area (Å²) in [6.07, 6.45) is 5.42. The standard InChI is InChI=1S/C19H16ClFN2/c20-14-3-8-19-17(10-14)18(13-2-1-9-22-11-13)12-23(19)16-6-4-15(21)5-7-16/h2-8,10,12,22H,1,9,11H2. The average molecular weight is 327 g/mol. The number of nitrogens with one attached hydrogen (secondary N) is 1. The maximum Gasteiger partial charge on any atom is 0.123 e. The fraction of sp³-hybridized carbons (Fsp3) is 0.158. The number of fused-ring (bicyclic) bond motifs is 1. The third-order valence-electron chi connectivity index (χ3n) is 4.24. The van der Waals surface area contributed by atoms with E-state index >= 15 is 0 Å². The van der Waals surface area contributed by atoms with Gasteiger partial charge in [0.25, 0.3) is 0 Å². The van der Waals surface area contributed by atoms with E-state index < -0.39 is 0 Å². The number of hydrogen-bond acceptors (Lipinski definition) is 1. The summed E-state index contributed by atoms with van der Waals surface area (Å²) in [6.45, 7) is 1.87. The molecule has 0 amide bonds. The zero-order valence-corrected chi connectivity index (χ0v) is 13.3. The van der Waals surface area contributed by atoms with E-state index in [0.29, 0.717) is 0 Å². The monoisotopic (exact) mass is 326 g/mol. The van der Waals surface area contributed by atoms with Gasteiger partial charge in [0.15, 0.2) is 0 Å². The number of hydrogen-bond donors (Lipinski definition) is 1. The van der Waals surface area contributed by atoms with Crippen molar-refractivity contribution in [3.63, 3.8) is 0 Å². The smallest absolute Gasteiger partial charge is 0.123 e. The quantitative estimate of drug-likeness (QED) is 0.715. The molecule has 1 N–H and O–H groups in total. The minimum absolute atomic E-state index is 0.229. The molecule has 3 aromatic rings. The highest BCUT2D eigenvalue weighted by molar-refractivity contribution is 6.31. The molecule has 0 bridgehead atoms. The van der Waals surface area contributed by atoms with Gasteiger partial charge in [0.05, 0.1) is 5.52 Å². The van der Waals surface area contributed by atoms with Gasteiger partial charge in [0.1, 0.15) is 5.82 Å². The lowest BCUT2D eigenvalue weighted by Gasteiger charge is -2.13. The molecule has 2 nitrogen and oxygen atoms in total. The van der Waals surface area contributed by atoms with Crippen LogP contribution in [0.2, 0.25) is 5.02 Å². The Bertz CT molecular complexity index is 894. The van der Waals surface area contributed by atoms with E-state index in [4.69, 9.17) is 11.6 Å². The summed E-state index contributed by atoms with van der Waals surface area (Å²) in [7, 11) is 0. The Kier molecular flexibility index (Phi) is 3.68. The predicted octanol–water partition coefficient (Wildman–Crippen LogP) is 4.80. The number of rotatable bonds is 2. The van der Waals surface area contributed by atoms with Crippen LogP contribution in [0, 0.1) is 5.82 Å². The second-order valence-electron chi connectivity index (χ2n) is 5.75. The highest BCUT2D eigenvalue weighted by Gasteiger charge is 2.15. The maximum atomic E-state index is 13.2. The molecule has 1 aromatic heterocycles. The first kappa shape index (κ1) is 14.5. The van der Waals surface area contributed by atoms with Crippen molar-refractivity contribution in [2.24, 2.45) is 0 Å². The van der Waals surface area contributed by atoms with Crippen LogP contribution >= 0.6 is 11.6 Å². The molecule has 2 heterocycles. The van der Waals surface area contributed by atoms with E-state index in [9.17, 15) is 4.39 Å². The fourth-order valence-corrected chi connectivity index (χ4v) is 3.29. The zero-order valence-electron chi connectivity index (χ0n) is 12.5. The molecule has 0 atom stereocenters. The first-order valence-electron chi connectivity index (χ1n) is 7.69. The minimum atomic E-state index is -0.229. The van der Waals surface area contributed by atoms with E-state index in [2.05, 4.69) is 22.2 Å². The molecule has 2 aromatic carbocycles. The molecule has 0 aliphatic carbocycles. The third-order valence-corrected chi connectivity index (χ3v) is 4.48. The molecule has 116 valence electrons. The van der Waals surface area contributed by atoms with Crippen molar-refractivity contribution < 1.29 is 4.39 Å². The molecular weight excluding hydrogens is 311 g/mol. The third kappa shape index (κ3) is 2.67. The van der Waals surface area contributed by atoms with Gasteiger partial charge in [-0.05, 0) is 61.0 Å². The number of benzene rings is 2. The Balaban J connectivity index is 1.95. The summed E-state index contributed by atoms with van der Waals surface area (Å²) in [5.74, 6) is -0.229. The highest BCUT2D eigenvalue weighted by Crippen LogP contribution is 2.32. The second-order valence-corrected chi connectivity index (χ2v) is 6.18. The molecule has 0 saturated heterocycles. The van der Waals surface area contributed by atoms with Gasteiger partial charge < -0.3 is 9.88 Å². The Hall–Kier alpha value is -2.10. The van der Waals surface area contributed by atoms with E-state index in [-0.39, 0.29) is 5.82 Å². The Morgan fingerprint density at radius 3 is 2.65 bits per heavy atom. The van der Waals surface area contributed by atoms with Gasteiger partial charge in [-0.2, -0.15) is 0 Å². The van der Waals surface area contributed by atoms with Gasteiger partial charge in [0, 0.05) is 34.4 Å². The molecule has 0 spiro atoms. The molecule has 4 rings (SSSR count). The molecule has 23 heavy (non-hydrogen) atoms. The average Bonchev–Trinajstić information content (AvgIpc) is 2.95. The second kappa shape index (κ2) is 5.84. The molecule has 1 aliphatic heterocycles. The van der Waals surface area contributed by atoms with Gasteiger partial charge in [0.2, 0.25) is 0 Å². The first-order valence-corrected chi connectivity index (χ1v) is 8.07. The molecule has 0 radical (unpaired) electrons. The Morgan fingerprint density at radius 2 is 1.91 bits per heavy atom. The lowest BCUT2D eigenvalue weighted by Crippen LogP contribution is -2.21. The zero-order chi connectivity index (χ0) is 15.8. The van der Waals surface area contributed by atoms with Gasteiger partial charge in [-0.15, -0.1) is 0 Å². The number of nitrogens with zero attached hydrogens (tertiary/aromatic N) is 1. The van der Waals surface area contributed by atoms with E-state index in [1.807, 2.05) is 18.2 Å². The summed E-state index contributed by atoms with van der Waals surface area (Å²) >= 11 is 6.21. The molecule has 0 fully saturated rings. The van der Waals surface area contributed by atoms with E-state index in [1.54, 1.807) is 12.1 Å². The van der Waals surface area contributed by atoms with Crippen molar-refractivity contribution in [3.8, 4) is 5.69 Å². The van der Waals surface area contributed by atoms with Crippen molar-refractivity contribution in [1.29, 1.82) is 0 Å². The van der Waals surface area contributed by atoms with Crippen LogP contribution < -0.4 is 5.32 Å². The van der Waals surface area contributed by atoms with Crippen molar-refractivity contribution in [3.05, 3.63) is 71.1 Å².